The number of nitro groups is 1. The van der Waals surface area contributed by atoms with E-state index in [1.54, 1.807) is 42.3 Å². The van der Waals surface area contributed by atoms with Gasteiger partial charge in [0, 0.05) is 47.8 Å². The lowest BCUT2D eigenvalue weighted by molar-refractivity contribution is -0.384. The van der Waals surface area contributed by atoms with Crippen molar-refractivity contribution in [2.45, 2.75) is 26.4 Å². The topological polar surface area (TPSA) is 164 Å². The number of hydrogen-bond acceptors (Lipinski definition) is 10. The van der Waals surface area contributed by atoms with Crippen LogP contribution < -0.4 is 9.84 Å². The van der Waals surface area contributed by atoms with E-state index in [2.05, 4.69) is 25.6 Å². The number of carbonyl (C=O) groups is 1. The molecular weight excluding hydrogens is 597 g/mol. The Morgan fingerprint density at radius 3 is 2.22 bits per heavy atom. The first kappa shape index (κ1) is 31.2. The average Bonchev–Trinajstić information content (AvgIpc) is 3.52. The summed E-state index contributed by atoms with van der Waals surface area (Å²) in [5, 5.41) is 22.0. The number of hydrogen-bond donors (Lipinski definition) is 1. The molecule has 3 heterocycles. The van der Waals surface area contributed by atoms with Crippen LogP contribution in [0.15, 0.2) is 97.5 Å². The monoisotopic (exact) mass is 627 g/mol. The van der Waals surface area contributed by atoms with Crippen molar-refractivity contribution in [2.24, 2.45) is 0 Å². The highest BCUT2D eigenvalue weighted by atomic mass is 31.2. The van der Waals surface area contributed by atoms with Crippen molar-refractivity contribution in [3.05, 3.63) is 119 Å². The van der Waals surface area contributed by atoms with Crippen molar-refractivity contribution in [3.63, 3.8) is 0 Å². The molecule has 1 N–H and O–H groups in total. The smallest absolute Gasteiger partial charge is 0.379 e. The van der Waals surface area contributed by atoms with Gasteiger partial charge in [0.05, 0.1) is 41.8 Å². The number of benzene rings is 2. The second-order valence-corrected chi connectivity index (χ2v) is 11.9. The third-order valence-electron chi connectivity index (χ3n) is 6.57. The molecule has 0 fully saturated rings. The van der Waals surface area contributed by atoms with Crippen LogP contribution in [-0.2, 0) is 22.2 Å². The maximum absolute atomic E-state index is 13.3. The SMILES string of the molecule is CCOP(=O)(CCCn1cc(CNC(=O)c2cc(-c3ccccn3)cc(-c3ccccn3)c2)nn1)Oc1ccc([N+](=O)[O-])cc1. The van der Waals surface area contributed by atoms with Crippen LogP contribution in [0.3, 0.4) is 0 Å². The summed E-state index contributed by atoms with van der Waals surface area (Å²) in [6.45, 7) is 2.40. The van der Waals surface area contributed by atoms with E-state index in [0.717, 1.165) is 22.5 Å². The van der Waals surface area contributed by atoms with Crippen LogP contribution in [0.25, 0.3) is 22.5 Å². The molecule has 0 spiro atoms. The molecule has 45 heavy (non-hydrogen) atoms. The molecule has 5 rings (SSSR count). The van der Waals surface area contributed by atoms with E-state index >= 15 is 0 Å². The summed E-state index contributed by atoms with van der Waals surface area (Å²) in [6.07, 6.45) is 5.60. The zero-order valence-corrected chi connectivity index (χ0v) is 25.2. The summed E-state index contributed by atoms with van der Waals surface area (Å²) in [7, 11) is -3.52. The number of pyridine rings is 2. The molecule has 1 atom stereocenters. The van der Waals surface area contributed by atoms with Gasteiger partial charge < -0.3 is 14.4 Å². The van der Waals surface area contributed by atoms with Crippen molar-refractivity contribution in [1.82, 2.24) is 30.3 Å². The molecule has 0 bridgehead atoms. The second kappa shape index (κ2) is 14.5. The fourth-order valence-corrected chi connectivity index (χ4v) is 6.11. The fourth-order valence-electron chi connectivity index (χ4n) is 4.47. The summed E-state index contributed by atoms with van der Waals surface area (Å²) in [6, 6.07) is 22.1. The van der Waals surface area contributed by atoms with E-state index in [1.165, 1.54) is 24.3 Å². The molecular formula is C31H30N7O6P. The molecule has 5 aromatic rings. The highest BCUT2D eigenvalue weighted by molar-refractivity contribution is 7.54. The Morgan fingerprint density at radius 2 is 1.64 bits per heavy atom. The number of nitro benzene ring substituents is 1. The van der Waals surface area contributed by atoms with Crippen molar-refractivity contribution in [3.8, 4) is 28.3 Å². The number of carbonyl (C=O) groups excluding carboxylic acids is 1. The van der Waals surface area contributed by atoms with Gasteiger partial charge in [0.2, 0.25) is 0 Å². The first-order valence-electron chi connectivity index (χ1n) is 14.1. The molecule has 14 heteroatoms. The number of nitrogens with one attached hydrogen (secondary N) is 1. The average molecular weight is 628 g/mol. The Balaban J connectivity index is 1.19. The third-order valence-corrected chi connectivity index (χ3v) is 8.57. The molecule has 1 amide bonds. The summed E-state index contributed by atoms with van der Waals surface area (Å²) < 4.78 is 25.9. The predicted molar refractivity (Wildman–Crippen MR) is 167 cm³/mol. The fraction of sp³-hybridized carbons (Fsp3) is 0.194. The summed E-state index contributed by atoms with van der Waals surface area (Å²) in [5.74, 6) is -0.0746. The number of non-ortho nitro benzene ring substituents is 1. The maximum atomic E-state index is 13.3. The Hall–Kier alpha value is -5.26. The first-order valence-corrected chi connectivity index (χ1v) is 15.9. The molecule has 0 aliphatic rings. The Morgan fingerprint density at radius 1 is 0.978 bits per heavy atom. The van der Waals surface area contributed by atoms with Gasteiger partial charge in [-0.1, -0.05) is 17.3 Å². The third kappa shape index (κ3) is 8.43. The molecule has 2 aromatic carbocycles. The zero-order valence-electron chi connectivity index (χ0n) is 24.4. The number of amides is 1. The standard InChI is InChI=1S/C31H30N7O6P/c1-2-43-45(42,44-28-12-10-27(11-13-28)38(40)41)17-7-16-37-22-26(35-36-37)21-34-31(39)25-19-23(29-8-3-5-14-32-29)18-24(20-25)30-9-4-6-15-33-30/h3-6,8-15,18-20,22H,2,7,16-17,21H2,1H3,(H,34,39). The molecule has 230 valence electrons. The molecule has 1 unspecified atom stereocenters. The van der Waals surface area contributed by atoms with E-state index < -0.39 is 12.5 Å². The lowest BCUT2D eigenvalue weighted by Gasteiger charge is -2.18. The normalized spacial score (nSPS) is 12.3. The minimum atomic E-state index is -3.52. The highest BCUT2D eigenvalue weighted by Gasteiger charge is 2.26. The maximum Gasteiger partial charge on any atom is 0.379 e. The van der Waals surface area contributed by atoms with Gasteiger partial charge in [-0.05, 0) is 67.9 Å². The van der Waals surface area contributed by atoms with E-state index in [-0.39, 0.29) is 36.7 Å². The van der Waals surface area contributed by atoms with Gasteiger partial charge in [-0.15, -0.1) is 5.10 Å². The molecule has 0 aliphatic carbocycles. The lowest BCUT2D eigenvalue weighted by atomic mass is 10.0. The summed E-state index contributed by atoms with van der Waals surface area (Å²) in [4.78, 5) is 32.5. The number of nitrogens with zero attached hydrogens (tertiary/aromatic N) is 6. The Bertz CT molecular complexity index is 1740. The quantitative estimate of drug-likeness (QED) is 0.0885. The van der Waals surface area contributed by atoms with Crippen molar-refractivity contribution in [2.75, 3.05) is 12.8 Å². The van der Waals surface area contributed by atoms with Gasteiger partial charge in [0.25, 0.3) is 11.6 Å². The van der Waals surface area contributed by atoms with Crippen LogP contribution >= 0.6 is 7.60 Å². The molecule has 0 radical (unpaired) electrons. The van der Waals surface area contributed by atoms with Crippen LogP contribution in [0.5, 0.6) is 5.75 Å². The largest absolute Gasteiger partial charge is 0.424 e. The van der Waals surface area contributed by atoms with Crippen LogP contribution in [0.4, 0.5) is 5.69 Å². The summed E-state index contributed by atoms with van der Waals surface area (Å²) >= 11 is 0. The van der Waals surface area contributed by atoms with Crippen LogP contribution in [-0.4, -0.2) is 48.6 Å². The zero-order chi connectivity index (χ0) is 31.6. The Labute approximate surface area is 259 Å². The van der Waals surface area contributed by atoms with Crippen LogP contribution in [0, 0.1) is 10.1 Å². The van der Waals surface area contributed by atoms with Gasteiger partial charge >= 0.3 is 7.60 Å². The minimum absolute atomic E-state index is 0.0922. The predicted octanol–water partition coefficient (Wildman–Crippen LogP) is 5.94. The van der Waals surface area contributed by atoms with E-state index in [9.17, 15) is 19.5 Å². The van der Waals surface area contributed by atoms with Crippen molar-refractivity contribution < 1.29 is 23.3 Å². The molecule has 13 nitrogen and oxygen atoms in total. The molecule has 3 aromatic heterocycles. The molecule has 0 saturated heterocycles. The van der Waals surface area contributed by atoms with E-state index in [4.69, 9.17) is 9.05 Å². The van der Waals surface area contributed by atoms with Crippen molar-refractivity contribution in [1.29, 1.82) is 0 Å². The van der Waals surface area contributed by atoms with Gasteiger partial charge in [-0.2, -0.15) is 0 Å². The van der Waals surface area contributed by atoms with E-state index in [0.29, 0.717) is 24.2 Å². The lowest BCUT2D eigenvalue weighted by Crippen LogP contribution is -2.23. The van der Waals surface area contributed by atoms with Gasteiger partial charge in [0.15, 0.2) is 0 Å². The Kier molecular flexibility index (Phi) is 10.0. The minimum Gasteiger partial charge on any atom is -0.424 e. The van der Waals surface area contributed by atoms with E-state index in [1.807, 2.05) is 42.5 Å². The van der Waals surface area contributed by atoms with Crippen LogP contribution in [0.2, 0.25) is 0 Å². The van der Waals surface area contributed by atoms with Crippen LogP contribution in [0.1, 0.15) is 29.4 Å². The van der Waals surface area contributed by atoms with Gasteiger partial charge in [0.1, 0.15) is 11.4 Å². The highest BCUT2D eigenvalue weighted by Crippen LogP contribution is 2.49. The molecule has 0 aliphatic heterocycles. The number of aromatic nitrogens is 5. The van der Waals surface area contributed by atoms with Gasteiger partial charge in [-0.3, -0.25) is 29.6 Å². The summed E-state index contributed by atoms with van der Waals surface area (Å²) in [5.41, 5.74) is 3.95. The van der Waals surface area contributed by atoms with Gasteiger partial charge in [-0.25, -0.2) is 4.57 Å². The number of rotatable bonds is 14. The van der Waals surface area contributed by atoms with Crippen molar-refractivity contribution >= 4 is 19.2 Å². The molecule has 0 saturated carbocycles. The number of aryl methyl sites for hydroxylation is 1. The second-order valence-electron chi connectivity index (χ2n) is 9.83. The first-order chi connectivity index (χ1) is 21.8.